The van der Waals surface area contributed by atoms with Crippen LogP contribution in [0, 0.1) is 0 Å². The third-order valence-corrected chi connectivity index (χ3v) is 4.56. The van der Waals surface area contributed by atoms with Gasteiger partial charge in [-0.3, -0.25) is 0 Å². The topological polar surface area (TPSA) is 72.6 Å². The molecule has 0 saturated heterocycles. The molecule has 1 atom stereocenters. The number of nitrogen functional groups attached to an aromatic ring is 1. The Bertz CT molecular complexity index is 512. The summed E-state index contributed by atoms with van der Waals surface area (Å²) in [5.74, 6) is 0.410. The van der Waals surface area contributed by atoms with Gasteiger partial charge in [0.2, 0.25) is 10.0 Å². The van der Waals surface area contributed by atoms with Crippen molar-refractivity contribution in [1.82, 2.24) is 4.31 Å². The molecule has 0 saturated carbocycles. The van der Waals surface area contributed by atoms with Crippen LogP contribution >= 0.6 is 0 Å². The Hall–Kier alpha value is -1.27. The highest BCUT2D eigenvalue weighted by atomic mass is 32.2. The first kappa shape index (κ1) is 14.8. The average molecular weight is 272 g/mol. The molecule has 0 aliphatic carbocycles. The quantitative estimate of drug-likeness (QED) is 0.828. The van der Waals surface area contributed by atoms with Gasteiger partial charge in [-0.15, -0.1) is 0 Å². The van der Waals surface area contributed by atoms with Crippen molar-refractivity contribution < 1.29 is 13.2 Å². The van der Waals surface area contributed by atoms with Crippen molar-refractivity contribution in [3.05, 3.63) is 18.2 Å². The first-order valence-electron chi connectivity index (χ1n) is 5.78. The van der Waals surface area contributed by atoms with Gasteiger partial charge in [0.15, 0.2) is 0 Å². The molecule has 2 N–H and O–H groups in total. The van der Waals surface area contributed by atoms with Gasteiger partial charge in [-0.05, 0) is 25.5 Å². The maximum Gasteiger partial charge on any atom is 0.244 e. The molecule has 0 fully saturated rings. The third-order valence-electron chi connectivity index (χ3n) is 2.69. The van der Waals surface area contributed by atoms with Crippen LogP contribution in [0.1, 0.15) is 20.3 Å². The number of rotatable bonds is 5. The largest absolute Gasteiger partial charge is 0.489 e. The van der Waals surface area contributed by atoms with E-state index in [2.05, 4.69) is 0 Å². The molecule has 1 rings (SSSR count). The molecule has 18 heavy (non-hydrogen) atoms. The molecule has 1 aromatic rings. The first-order chi connectivity index (χ1) is 8.30. The fourth-order valence-corrected chi connectivity index (χ4v) is 2.37. The number of para-hydroxylation sites is 1. The summed E-state index contributed by atoms with van der Waals surface area (Å²) >= 11 is 0. The second kappa shape index (κ2) is 5.58. The SMILES string of the molecule is CCC(C)Oc1cccc(S(=O)(=O)N(C)C)c1N. The lowest BCUT2D eigenvalue weighted by Crippen LogP contribution is -2.23. The van der Waals surface area contributed by atoms with Crippen LogP contribution in [0.15, 0.2) is 23.1 Å². The highest BCUT2D eigenvalue weighted by Gasteiger charge is 2.22. The van der Waals surface area contributed by atoms with E-state index in [0.717, 1.165) is 10.7 Å². The van der Waals surface area contributed by atoms with Crippen molar-refractivity contribution in [2.75, 3.05) is 19.8 Å². The zero-order valence-electron chi connectivity index (χ0n) is 11.2. The Labute approximate surface area is 109 Å². The molecule has 0 amide bonds. The van der Waals surface area contributed by atoms with Crippen molar-refractivity contribution in [1.29, 1.82) is 0 Å². The second-order valence-corrected chi connectivity index (χ2v) is 6.41. The van der Waals surface area contributed by atoms with E-state index in [0.29, 0.717) is 5.75 Å². The minimum atomic E-state index is -3.54. The summed E-state index contributed by atoms with van der Waals surface area (Å²) in [5, 5.41) is 0. The summed E-state index contributed by atoms with van der Waals surface area (Å²) in [6, 6.07) is 4.79. The summed E-state index contributed by atoms with van der Waals surface area (Å²) in [7, 11) is -0.606. The lowest BCUT2D eigenvalue weighted by atomic mass is 10.2. The molecule has 0 heterocycles. The van der Waals surface area contributed by atoms with E-state index >= 15 is 0 Å². The molecule has 1 unspecified atom stereocenters. The number of sulfonamides is 1. The molecule has 0 aliphatic rings. The van der Waals surface area contributed by atoms with Crippen LogP contribution in [0.5, 0.6) is 5.75 Å². The number of hydrogen-bond donors (Lipinski definition) is 1. The first-order valence-corrected chi connectivity index (χ1v) is 7.22. The Morgan fingerprint density at radius 1 is 1.39 bits per heavy atom. The molecule has 6 heteroatoms. The lowest BCUT2D eigenvalue weighted by molar-refractivity contribution is 0.218. The lowest BCUT2D eigenvalue weighted by Gasteiger charge is -2.18. The van der Waals surface area contributed by atoms with E-state index in [1.165, 1.54) is 20.2 Å². The Kier molecular flexibility index (Phi) is 4.59. The Morgan fingerprint density at radius 3 is 2.50 bits per heavy atom. The van der Waals surface area contributed by atoms with Gasteiger partial charge in [0.1, 0.15) is 10.6 Å². The third kappa shape index (κ3) is 2.94. The highest BCUT2D eigenvalue weighted by molar-refractivity contribution is 7.89. The summed E-state index contributed by atoms with van der Waals surface area (Å²) in [5.41, 5.74) is 6.04. The van der Waals surface area contributed by atoms with Gasteiger partial charge in [0.25, 0.3) is 0 Å². The van der Waals surface area contributed by atoms with Crippen LogP contribution in [0.25, 0.3) is 0 Å². The van der Waals surface area contributed by atoms with Crippen molar-refractivity contribution in [2.24, 2.45) is 0 Å². The van der Waals surface area contributed by atoms with Gasteiger partial charge in [-0.25, -0.2) is 12.7 Å². The predicted octanol–water partition coefficient (Wildman–Crippen LogP) is 1.70. The molecule has 102 valence electrons. The second-order valence-electron chi connectivity index (χ2n) is 4.29. The number of nitrogens with two attached hydrogens (primary N) is 1. The number of benzene rings is 1. The fourth-order valence-electron chi connectivity index (χ4n) is 1.35. The number of nitrogens with zero attached hydrogens (tertiary/aromatic N) is 1. The standard InChI is InChI=1S/C12H20N2O3S/c1-5-9(2)17-10-7-6-8-11(12(10)13)18(15,16)14(3)4/h6-9H,5,13H2,1-4H3. The van der Waals surface area contributed by atoms with Gasteiger partial charge >= 0.3 is 0 Å². The van der Waals surface area contributed by atoms with Gasteiger partial charge in [0, 0.05) is 14.1 Å². The van der Waals surface area contributed by atoms with Gasteiger partial charge in [-0.2, -0.15) is 0 Å². The van der Waals surface area contributed by atoms with E-state index in [1.807, 2.05) is 13.8 Å². The van der Waals surface area contributed by atoms with E-state index in [4.69, 9.17) is 10.5 Å². The predicted molar refractivity (Wildman–Crippen MR) is 72.1 cm³/mol. The van der Waals surface area contributed by atoms with E-state index < -0.39 is 10.0 Å². The molecule has 0 aliphatic heterocycles. The minimum absolute atomic E-state index is 0.00962. The Balaban J connectivity index is 3.22. The van der Waals surface area contributed by atoms with Crippen LogP contribution in [0.3, 0.4) is 0 Å². The van der Waals surface area contributed by atoms with Crippen LogP contribution in [0.2, 0.25) is 0 Å². The normalized spacial score (nSPS) is 13.6. The number of anilines is 1. The van der Waals surface area contributed by atoms with E-state index in [1.54, 1.807) is 12.1 Å². The van der Waals surface area contributed by atoms with Gasteiger partial charge < -0.3 is 10.5 Å². The molecular weight excluding hydrogens is 252 g/mol. The zero-order valence-corrected chi connectivity index (χ0v) is 12.0. The van der Waals surface area contributed by atoms with Gasteiger partial charge in [-0.1, -0.05) is 13.0 Å². The smallest absolute Gasteiger partial charge is 0.244 e. The van der Waals surface area contributed by atoms with Gasteiger partial charge in [0.05, 0.1) is 11.8 Å². The average Bonchev–Trinajstić information content (AvgIpc) is 2.31. The molecular formula is C12H20N2O3S. The van der Waals surface area contributed by atoms with Crippen LogP contribution < -0.4 is 10.5 Å². The van der Waals surface area contributed by atoms with Crippen LogP contribution in [0.4, 0.5) is 5.69 Å². The molecule has 5 nitrogen and oxygen atoms in total. The van der Waals surface area contributed by atoms with Crippen molar-refractivity contribution >= 4 is 15.7 Å². The summed E-state index contributed by atoms with van der Waals surface area (Å²) in [4.78, 5) is 0.0771. The minimum Gasteiger partial charge on any atom is -0.489 e. The van der Waals surface area contributed by atoms with E-state index in [9.17, 15) is 8.42 Å². The number of ether oxygens (including phenoxy) is 1. The molecule has 0 bridgehead atoms. The van der Waals surface area contributed by atoms with Crippen molar-refractivity contribution in [3.8, 4) is 5.75 Å². The van der Waals surface area contributed by atoms with Crippen LogP contribution in [-0.2, 0) is 10.0 Å². The summed E-state index contributed by atoms with van der Waals surface area (Å²) in [6.07, 6.45) is 0.814. The van der Waals surface area contributed by atoms with Crippen LogP contribution in [-0.4, -0.2) is 32.9 Å². The summed E-state index contributed by atoms with van der Waals surface area (Å²) in [6.45, 7) is 3.90. The number of hydrogen-bond acceptors (Lipinski definition) is 4. The van der Waals surface area contributed by atoms with Crippen molar-refractivity contribution in [3.63, 3.8) is 0 Å². The maximum absolute atomic E-state index is 12.1. The zero-order chi connectivity index (χ0) is 13.9. The molecule has 0 aromatic heterocycles. The van der Waals surface area contributed by atoms with Crippen molar-refractivity contribution in [2.45, 2.75) is 31.3 Å². The molecule has 1 aromatic carbocycles. The highest BCUT2D eigenvalue weighted by Crippen LogP contribution is 2.30. The fraction of sp³-hybridized carbons (Fsp3) is 0.500. The molecule has 0 radical (unpaired) electrons. The summed E-state index contributed by atoms with van der Waals surface area (Å²) < 4.78 is 30.8. The monoisotopic (exact) mass is 272 g/mol. The van der Waals surface area contributed by atoms with E-state index in [-0.39, 0.29) is 16.7 Å². The Morgan fingerprint density at radius 2 is 2.00 bits per heavy atom. The maximum atomic E-state index is 12.1. The molecule has 0 spiro atoms.